The van der Waals surface area contributed by atoms with Gasteiger partial charge >= 0.3 is 0 Å². The van der Waals surface area contributed by atoms with Gasteiger partial charge in [0.15, 0.2) is 5.76 Å². The SMILES string of the molecule is CC(C)COc1cccc(C(=O)Nc2ccc(NC(=O)c3ccco3)c(Cl)c2)c1. The fraction of sp³-hybridized carbons (Fsp3) is 0.182. The Morgan fingerprint density at radius 3 is 2.55 bits per heavy atom. The van der Waals surface area contributed by atoms with Gasteiger partial charge in [-0.25, -0.2) is 0 Å². The van der Waals surface area contributed by atoms with Crippen LogP contribution < -0.4 is 15.4 Å². The van der Waals surface area contributed by atoms with Crippen molar-refractivity contribution in [2.75, 3.05) is 17.2 Å². The zero-order valence-electron chi connectivity index (χ0n) is 16.1. The largest absolute Gasteiger partial charge is 0.493 e. The molecular weight excluding hydrogens is 392 g/mol. The van der Waals surface area contributed by atoms with Crippen LogP contribution in [0.5, 0.6) is 5.75 Å². The van der Waals surface area contributed by atoms with Crippen LogP contribution in [0.25, 0.3) is 0 Å². The van der Waals surface area contributed by atoms with E-state index in [0.29, 0.717) is 35.2 Å². The van der Waals surface area contributed by atoms with E-state index in [0.717, 1.165) is 0 Å². The highest BCUT2D eigenvalue weighted by molar-refractivity contribution is 6.34. The van der Waals surface area contributed by atoms with E-state index in [2.05, 4.69) is 24.5 Å². The number of carbonyl (C=O) groups excluding carboxylic acids is 2. The van der Waals surface area contributed by atoms with Gasteiger partial charge in [-0.05, 0) is 54.4 Å². The summed E-state index contributed by atoms with van der Waals surface area (Å²) < 4.78 is 10.7. The summed E-state index contributed by atoms with van der Waals surface area (Å²) in [7, 11) is 0. The fourth-order valence-electron chi connectivity index (χ4n) is 2.48. The lowest BCUT2D eigenvalue weighted by atomic mass is 10.2. The van der Waals surface area contributed by atoms with Crippen molar-refractivity contribution < 1.29 is 18.7 Å². The number of hydrogen-bond acceptors (Lipinski definition) is 4. The van der Waals surface area contributed by atoms with Gasteiger partial charge in [0.05, 0.1) is 23.6 Å². The van der Waals surface area contributed by atoms with Crippen LogP contribution in [0.15, 0.2) is 65.3 Å². The molecule has 0 atom stereocenters. The molecule has 0 unspecified atom stereocenters. The van der Waals surface area contributed by atoms with Crippen molar-refractivity contribution in [3.05, 3.63) is 77.2 Å². The predicted octanol–water partition coefficient (Wildman–Crippen LogP) is 5.47. The average Bonchev–Trinajstić information content (AvgIpc) is 3.23. The van der Waals surface area contributed by atoms with Crippen molar-refractivity contribution in [1.29, 1.82) is 0 Å². The summed E-state index contributed by atoms with van der Waals surface area (Å²) >= 11 is 6.24. The standard InChI is InChI=1S/C22H21ClN2O4/c1-14(2)13-29-17-6-3-5-15(11-17)21(26)24-16-8-9-19(18(23)12-16)25-22(27)20-7-4-10-28-20/h3-12,14H,13H2,1-2H3,(H,24,26)(H,25,27). The summed E-state index contributed by atoms with van der Waals surface area (Å²) in [5.74, 6) is 0.509. The van der Waals surface area contributed by atoms with Crippen LogP contribution in [0.2, 0.25) is 5.02 Å². The molecule has 150 valence electrons. The molecule has 2 N–H and O–H groups in total. The third-order valence-electron chi connectivity index (χ3n) is 3.90. The first-order valence-corrected chi connectivity index (χ1v) is 9.49. The molecule has 6 nitrogen and oxygen atoms in total. The Morgan fingerprint density at radius 2 is 1.86 bits per heavy atom. The zero-order chi connectivity index (χ0) is 20.8. The molecule has 0 saturated heterocycles. The number of furan rings is 1. The minimum Gasteiger partial charge on any atom is -0.493 e. The number of nitrogens with one attached hydrogen (secondary N) is 2. The molecule has 1 heterocycles. The minimum absolute atomic E-state index is 0.179. The van der Waals surface area contributed by atoms with Gasteiger partial charge in [0.25, 0.3) is 11.8 Å². The summed E-state index contributed by atoms with van der Waals surface area (Å²) in [6.07, 6.45) is 1.41. The molecule has 0 fully saturated rings. The first-order chi connectivity index (χ1) is 13.9. The summed E-state index contributed by atoms with van der Waals surface area (Å²) in [6.45, 7) is 4.69. The number of carbonyl (C=O) groups is 2. The predicted molar refractivity (Wildman–Crippen MR) is 113 cm³/mol. The van der Waals surface area contributed by atoms with Crippen LogP contribution in [0.3, 0.4) is 0 Å². The molecule has 7 heteroatoms. The highest BCUT2D eigenvalue weighted by Crippen LogP contribution is 2.26. The molecule has 0 aliphatic carbocycles. The third kappa shape index (κ3) is 5.62. The lowest BCUT2D eigenvalue weighted by Crippen LogP contribution is -2.13. The van der Waals surface area contributed by atoms with Crippen molar-refractivity contribution in [3.63, 3.8) is 0 Å². The number of amides is 2. The molecule has 0 aliphatic heterocycles. The first kappa shape index (κ1) is 20.5. The molecular formula is C22H21ClN2O4. The van der Waals surface area contributed by atoms with E-state index in [-0.39, 0.29) is 16.7 Å². The third-order valence-corrected chi connectivity index (χ3v) is 4.21. The van der Waals surface area contributed by atoms with Crippen LogP contribution in [0.1, 0.15) is 34.8 Å². The maximum Gasteiger partial charge on any atom is 0.291 e. The van der Waals surface area contributed by atoms with Crippen LogP contribution in [-0.2, 0) is 0 Å². The van der Waals surface area contributed by atoms with Crippen LogP contribution >= 0.6 is 11.6 Å². The van der Waals surface area contributed by atoms with E-state index >= 15 is 0 Å². The number of anilines is 2. The highest BCUT2D eigenvalue weighted by atomic mass is 35.5. The Balaban J connectivity index is 1.66. The molecule has 29 heavy (non-hydrogen) atoms. The van der Waals surface area contributed by atoms with Gasteiger partial charge in [-0.1, -0.05) is 31.5 Å². The van der Waals surface area contributed by atoms with Gasteiger partial charge in [-0.15, -0.1) is 0 Å². The fourth-order valence-corrected chi connectivity index (χ4v) is 2.71. The quantitative estimate of drug-likeness (QED) is 0.539. The summed E-state index contributed by atoms with van der Waals surface area (Å²) in [5.41, 5.74) is 1.39. The Bertz CT molecular complexity index is 1000. The topological polar surface area (TPSA) is 80.6 Å². The number of ether oxygens (including phenoxy) is 1. The highest BCUT2D eigenvalue weighted by Gasteiger charge is 2.13. The van der Waals surface area contributed by atoms with Crippen molar-refractivity contribution in [1.82, 2.24) is 0 Å². The number of benzene rings is 2. The summed E-state index contributed by atoms with van der Waals surface area (Å²) in [4.78, 5) is 24.6. The molecule has 0 bridgehead atoms. The van der Waals surface area contributed by atoms with Crippen LogP contribution in [0.4, 0.5) is 11.4 Å². The monoisotopic (exact) mass is 412 g/mol. The molecule has 0 radical (unpaired) electrons. The average molecular weight is 413 g/mol. The Labute approximate surface area is 173 Å². The van der Waals surface area contributed by atoms with Crippen molar-refractivity contribution in [3.8, 4) is 5.75 Å². The Morgan fingerprint density at radius 1 is 1.03 bits per heavy atom. The van der Waals surface area contributed by atoms with E-state index < -0.39 is 5.91 Å². The minimum atomic E-state index is -0.410. The van der Waals surface area contributed by atoms with E-state index in [9.17, 15) is 9.59 Å². The van der Waals surface area contributed by atoms with E-state index in [1.807, 2.05) is 6.07 Å². The molecule has 1 aromatic heterocycles. The van der Waals surface area contributed by atoms with E-state index in [1.165, 1.54) is 6.26 Å². The van der Waals surface area contributed by atoms with Crippen LogP contribution in [0, 0.1) is 5.92 Å². The molecule has 3 rings (SSSR count). The van der Waals surface area contributed by atoms with Gasteiger partial charge in [0.2, 0.25) is 0 Å². The number of hydrogen-bond donors (Lipinski definition) is 2. The first-order valence-electron chi connectivity index (χ1n) is 9.11. The smallest absolute Gasteiger partial charge is 0.291 e. The number of rotatable bonds is 7. The molecule has 3 aromatic rings. The van der Waals surface area contributed by atoms with Gasteiger partial charge in [-0.2, -0.15) is 0 Å². The van der Waals surface area contributed by atoms with Gasteiger partial charge in [0.1, 0.15) is 5.75 Å². The second-order valence-corrected chi connectivity index (χ2v) is 7.22. The lowest BCUT2D eigenvalue weighted by Gasteiger charge is -2.11. The van der Waals surface area contributed by atoms with Crippen molar-refractivity contribution >= 4 is 34.8 Å². The van der Waals surface area contributed by atoms with Crippen LogP contribution in [-0.4, -0.2) is 18.4 Å². The summed E-state index contributed by atoms with van der Waals surface area (Å²) in [5, 5.41) is 5.74. The molecule has 2 amide bonds. The normalized spacial score (nSPS) is 10.6. The Kier molecular flexibility index (Phi) is 6.57. The van der Waals surface area contributed by atoms with E-state index in [1.54, 1.807) is 48.5 Å². The molecule has 0 spiro atoms. The van der Waals surface area contributed by atoms with Crippen molar-refractivity contribution in [2.24, 2.45) is 5.92 Å². The second kappa shape index (κ2) is 9.30. The molecule has 0 saturated carbocycles. The maximum atomic E-state index is 12.5. The van der Waals surface area contributed by atoms with Gasteiger partial charge in [0, 0.05) is 11.3 Å². The lowest BCUT2D eigenvalue weighted by molar-refractivity contribution is 0.0994. The van der Waals surface area contributed by atoms with Gasteiger partial charge < -0.3 is 19.8 Å². The Hall–Kier alpha value is -3.25. The van der Waals surface area contributed by atoms with Gasteiger partial charge in [-0.3, -0.25) is 9.59 Å². The molecule has 0 aliphatic rings. The van der Waals surface area contributed by atoms with Crippen molar-refractivity contribution in [2.45, 2.75) is 13.8 Å². The second-order valence-electron chi connectivity index (χ2n) is 6.81. The number of halogens is 1. The summed E-state index contributed by atoms with van der Waals surface area (Å²) in [6, 6.07) is 15.0. The zero-order valence-corrected chi connectivity index (χ0v) is 16.8. The maximum absolute atomic E-state index is 12.5. The van der Waals surface area contributed by atoms with E-state index in [4.69, 9.17) is 20.8 Å². The molecule has 2 aromatic carbocycles.